The molecular formula is C18H20Cl2S2Zr. The number of halogens is 2. The largest absolute Gasteiger partial charge is 2.00 e. The van der Waals surface area contributed by atoms with Gasteiger partial charge in [0.2, 0.25) is 0 Å². The quantitative estimate of drug-likeness (QED) is 0.575. The Morgan fingerprint density at radius 2 is 1.17 bits per heavy atom. The molecule has 0 spiro atoms. The van der Waals surface area contributed by atoms with E-state index in [1.807, 2.05) is 23.5 Å². The van der Waals surface area contributed by atoms with E-state index >= 15 is 0 Å². The predicted octanol–water partition coefficient (Wildman–Crippen LogP) is 0.200. The standard InChI is InChI=1S/2C9H10S.2ClH.Zr/c2*1-2-8-6-7-4-3-5-9(7)10-8;;;/h2*3-7H,2H2,1H3;2*1H;/q;;;;+2/p-2. The van der Waals surface area contributed by atoms with Crippen molar-refractivity contribution in [2.24, 2.45) is 11.8 Å². The normalized spacial score (nSPS) is 24.6. The van der Waals surface area contributed by atoms with Crippen LogP contribution in [0.5, 0.6) is 0 Å². The Kier molecular flexibility index (Phi) is 11.6. The van der Waals surface area contributed by atoms with Crippen molar-refractivity contribution in [1.82, 2.24) is 0 Å². The van der Waals surface area contributed by atoms with Gasteiger partial charge in [-0.2, -0.15) is 0 Å². The van der Waals surface area contributed by atoms with Crippen LogP contribution in [-0.4, -0.2) is 0 Å². The van der Waals surface area contributed by atoms with Gasteiger partial charge in [0.15, 0.2) is 0 Å². The molecule has 2 unspecified atom stereocenters. The monoisotopic (exact) mass is 460 g/mol. The van der Waals surface area contributed by atoms with Crippen LogP contribution in [0.2, 0.25) is 0 Å². The summed E-state index contributed by atoms with van der Waals surface area (Å²) in [6, 6.07) is 0. The van der Waals surface area contributed by atoms with Crippen molar-refractivity contribution in [3.8, 4) is 0 Å². The minimum Gasteiger partial charge on any atom is -1.00 e. The van der Waals surface area contributed by atoms with Crippen molar-refractivity contribution in [3.05, 3.63) is 68.2 Å². The number of rotatable bonds is 2. The third-order valence-corrected chi connectivity index (χ3v) is 6.40. The summed E-state index contributed by atoms with van der Waals surface area (Å²) in [5.41, 5.74) is 0. The third-order valence-electron chi connectivity index (χ3n) is 3.74. The zero-order valence-corrected chi connectivity index (χ0v) is 18.9. The molecule has 0 aromatic carbocycles. The molecule has 4 rings (SSSR count). The van der Waals surface area contributed by atoms with E-state index in [0.717, 1.165) is 0 Å². The van der Waals surface area contributed by atoms with Crippen LogP contribution in [0.15, 0.2) is 68.2 Å². The third kappa shape index (κ3) is 5.82. The van der Waals surface area contributed by atoms with E-state index in [-0.39, 0.29) is 51.0 Å². The summed E-state index contributed by atoms with van der Waals surface area (Å²) in [5, 5.41) is 0. The Labute approximate surface area is 180 Å². The zero-order valence-electron chi connectivity index (χ0n) is 13.3. The molecule has 0 aromatic rings. The van der Waals surface area contributed by atoms with Crippen LogP contribution in [0.4, 0.5) is 0 Å². The molecule has 2 aliphatic carbocycles. The van der Waals surface area contributed by atoms with Crippen LogP contribution in [0.3, 0.4) is 0 Å². The summed E-state index contributed by atoms with van der Waals surface area (Å²) in [6.07, 6.45) is 20.3. The van der Waals surface area contributed by atoms with Crippen LogP contribution >= 0.6 is 23.5 Å². The molecule has 0 nitrogen and oxygen atoms in total. The van der Waals surface area contributed by atoms with Crippen LogP contribution in [0.25, 0.3) is 0 Å². The Balaban J connectivity index is 0.000000372. The summed E-state index contributed by atoms with van der Waals surface area (Å²) >= 11 is 3.88. The fourth-order valence-corrected chi connectivity index (χ4v) is 4.77. The fraction of sp³-hybridized carbons (Fsp3) is 0.333. The number of allylic oxidation sites excluding steroid dienone is 12. The number of hydrogen-bond acceptors (Lipinski definition) is 2. The molecule has 122 valence electrons. The van der Waals surface area contributed by atoms with Crippen LogP contribution in [-0.2, 0) is 26.2 Å². The maximum absolute atomic E-state index is 2.36. The van der Waals surface area contributed by atoms with Crippen molar-refractivity contribution in [2.45, 2.75) is 26.7 Å². The molecular weight excluding hydrogens is 442 g/mol. The molecule has 23 heavy (non-hydrogen) atoms. The summed E-state index contributed by atoms with van der Waals surface area (Å²) in [4.78, 5) is 6.08. The number of hydrogen-bond donors (Lipinski definition) is 0. The van der Waals surface area contributed by atoms with E-state index in [2.05, 4.69) is 62.5 Å². The molecule has 0 saturated heterocycles. The van der Waals surface area contributed by atoms with Gasteiger partial charge in [-0.3, -0.25) is 0 Å². The van der Waals surface area contributed by atoms with Gasteiger partial charge in [0.25, 0.3) is 0 Å². The topological polar surface area (TPSA) is 0 Å². The van der Waals surface area contributed by atoms with E-state index in [1.165, 1.54) is 32.5 Å². The van der Waals surface area contributed by atoms with E-state index in [9.17, 15) is 0 Å². The van der Waals surface area contributed by atoms with E-state index < -0.39 is 0 Å². The molecule has 0 saturated carbocycles. The first-order valence-corrected chi connectivity index (χ1v) is 8.97. The fourth-order valence-electron chi connectivity index (χ4n) is 2.58. The van der Waals surface area contributed by atoms with Gasteiger partial charge in [-0.05, 0) is 22.7 Å². The Morgan fingerprint density at radius 1 is 0.783 bits per heavy atom. The average molecular weight is 463 g/mol. The van der Waals surface area contributed by atoms with Crippen molar-refractivity contribution in [2.75, 3.05) is 0 Å². The minimum atomic E-state index is 0. The second kappa shape index (κ2) is 11.3. The van der Waals surface area contributed by atoms with Crippen molar-refractivity contribution in [3.63, 3.8) is 0 Å². The SMILES string of the molecule is CCC1=CC2C=CC=C2S1.CCC1=CC2C=CC=C2S1.[Cl-].[Cl-].[Zr+2]. The molecule has 5 heteroatoms. The molecule has 0 aromatic heterocycles. The van der Waals surface area contributed by atoms with Gasteiger partial charge in [0.1, 0.15) is 0 Å². The molecule has 2 atom stereocenters. The summed E-state index contributed by atoms with van der Waals surface area (Å²) in [6.45, 7) is 4.42. The Bertz CT molecular complexity index is 534. The average Bonchev–Trinajstić information content (AvgIpc) is 3.17. The Hall–Kier alpha value is 0.603. The summed E-state index contributed by atoms with van der Waals surface area (Å²) in [5.74, 6) is 1.28. The number of thioether (sulfide) groups is 2. The van der Waals surface area contributed by atoms with Gasteiger partial charge in [0, 0.05) is 21.6 Å². The molecule has 0 N–H and O–H groups in total. The van der Waals surface area contributed by atoms with Gasteiger partial charge in [-0.1, -0.05) is 86.0 Å². The second-order valence-corrected chi connectivity index (χ2v) is 7.54. The van der Waals surface area contributed by atoms with Crippen molar-refractivity contribution in [1.29, 1.82) is 0 Å². The molecule has 0 radical (unpaired) electrons. The van der Waals surface area contributed by atoms with E-state index in [0.29, 0.717) is 11.8 Å². The van der Waals surface area contributed by atoms with Gasteiger partial charge >= 0.3 is 26.2 Å². The molecule has 0 amide bonds. The van der Waals surface area contributed by atoms with Crippen LogP contribution in [0, 0.1) is 11.8 Å². The molecule has 4 aliphatic rings. The molecule has 0 fully saturated rings. The van der Waals surface area contributed by atoms with Gasteiger partial charge in [-0.15, -0.1) is 0 Å². The van der Waals surface area contributed by atoms with Gasteiger partial charge in [-0.25, -0.2) is 0 Å². The first-order valence-electron chi connectivity index (χ1n) is 7.34. The Morgan fingerprint density at radius 3 is 1.48 bits per heavy atom. The minimum absolute atomic E-state index is 0. The summed E-state index contributed by atoms with van der Waals surface area (Å²) in [7, 11) is 0. The molecule has 2 heterocycles. The maximum atomic E-state index is 2.36. The predicted molar refractivity (Wildman–Crippen MR) is 93.4 cm³/mol. The van der Waals surface area contributed by atoms with Crippen molar-refractivity contribution >= 4 is 23.5 Å². The van der Waals surface area contributed by atoms with E-state index in [4.69, 9.17) is 0 Å². The van der Waals surface area contributed by atoms with Crippen LogP contribution in [0.1, 0.15) is 26.7 Å². The van der Waals surface area contributed by atoms with Crippen molar-refractivity contribution < 1.29 is 51.0 Å². The van der Waals surface area contributed by atoms with Crippen LogP contribution < -0.4 is 24.8 Å². The maximum Gasteiger partial charge on any atom is 2.00 e. The second-order valence-electron chi connectivity index (χ2n) is 5.14. The van der Waals surface area contributed by atoms with E-state index in [1.54, 1.807) is 0 Å². The van der Waals surface area contributed by atoms with Gasteiger partial charge < -0.3 is 24.8 Å². The molecule has 0 bridgehead atoms. The van der Waals surface area contributed by atoms with Gasteiger partial charge in [0.05, 0.1) is 0 Å². The first kappa shape index (κ1) is 23.6. The first-order chi connectivity index (χ1) is 9.80. The smallest absolute Gasteiger partial charge is 1.00 e. The number of fused-ring (bicyclic) bond motifs is 2. The summed E-state index contributed by atoms with van der Waals surface area (Å²) < 4.78 is 0. The zero-order chi connectivity index (χ0) is 13.9. The molecule has 2 aliphatic heterocycles.